The molecule has 28 heavy (non-hydrogen) atoms. The first-order valence-electron chi connectivity index (χ1n) is 10.8. The maximum absolute atomic E-state index is 13.2. The highest BCUT2D eigenvalue weighted by Gasteiger charge is 2.70. The molecule has 148 valence electrons. The van der Waals surface area contributed by atoms with E-state index in [1.165, 1.54) is 19.3 Å². The molecular formula is C23H27NO4. The van der Waals surface area contributed by atoms with Crippen molar-refractivity contribution in [1.29, 1.82) is 0 Å². The van der Waals surface area contributed by atoms with Crippen molar-refractivity contribution < 1.29 is 19.4 Å². The average molecular weight is 381 g/mol. The van der Waals surface area contributed by atoms with Crippen LogP contribution in [0, 0.1) is 17.8 Å². The molecule has 1 aromatic rings. The van der Waals surface area contributed by atoms with Crippen molar-refractivity contribution in [2.24, 2.45) is 23.5 Å². The molecule has 4 bridgehead atoms. The smallest absolute Gasteiger partial charge is 0.252 e. The van der Waals surface area contributed by atoms with Crippen molar-refractivity contribution in [1.82, 2.24) is 0 Å². The number of rotatable bonds is 3. The van der Waals surface area contributed by atoms with Gasteiger partial charge in [0.2, 0.25) is 0 Å². The van der Waals surface area contributed by atoms with E-state index in [1.807, 2.05) is 6.07 Å². The summed E-state index contributed by atoms with van der Waals surface area (Å²) >= 11 is 0. The lowest BCUT2D eigenvalue weighted by atomic mass is 9.54. The largest absolute Gasteiger partial charge is 0.478 e. The summed E-state index contributed by atoms with van der Waals surface area (Å²) in [6.45, 7) is 0. The number of carbonyl (C=O) groups is 2. The first-order chi connectivity index (χ1) is 13.4. The number of hydrogen-bond acceptors (Lipinski definition) is 4. The number of carbonyl (C=O) groups excluding carboxylic acids is 2. The third-order valence-corrected chi connectivity index (χ3v) is 8.71. The maximum atomic E-state index is 13.2. The molecule has 0 radical (unpaired) electrons. The second kappa shape index (κ2) is 5.38. The molecule has 5 atom stereocenters. The minimum absolute atomic E-state index is 0.0877. The summed E-state index contributed by atoms with van der Waals surface area (Å²) in [5, 5.41) is 12.1. The number of aliphatic hydroxyl groups is 1. The zero-order valence-corrected chi connectivity index (χ0v) is 16.1. The van der Waals surface area contributed by atoms with Gasteiger partial charge in [0.1, 0.15) is 5.75 Å². The average Bonchev–Trinajstić information content (AvgIpc) is 2.99. The molecule has 5 aliphatic rings. The molecule has 3 unspecified atom stereocenters. The Bertz CT molecular complexity index is 906. The molecule has 0 saturated heterocycles. The van der Waals surface area contributed by atoms with E-state index in [-0.39, 0.29) is 17.6 Å². The summed E-state index contributed by atoms with van der Waals surface area (Å²) in [6.07, 6.45) is 8.30. The maximum Gasteiger partial charge on any atom is 0.252 e. The van der Waals surface area contributed by atoms with Crippen LogP contribution in [0.2, 0.25) is 0 Å². The van der Waals surface area contributed by atoms with Gasteiger partial charge < -0.3 is 15.6 Å². The van der Waals surface area contributed by atoms with Crippen LogP contribution in [0.3, 0.4) is 0 Å². The molecule has 3 fully saturated rings. The van der Waals surface area contributed by atoms with E-state index in [0.717, 1.165) is 36.3 Å². The molecule has 1 amide bonds. The van der Waals surface area contributed by atoms with Gasteiger partial charge in [0, 0.05) is 12.0 Å². The normalized spacial score (nSPS) is 40.5. The minimum atomic E-state index is -1.01. The first-order valence-corrected chi connectivity index (χ1v) is 10.8. The molecule has 0 aromatic heterocycles. The highest BCUT2D eigenvalue weighted by Crippen LogP contribution is 2.66. The van der Waals surface area contributed by atoms with Crippen LogP contribution in [0.1, 0.15) is 78.8 Å². The van der Waals surface area contributed by atoms with E-state index in [2.05, 4.69) is 0 Å². The molecule has 3 N–H and O–H groups in total. The standard InChI is InChI=1S/C23H27NO4/c24-21(26)15-5-4-14-11-16-13(10-12-2-1-3-12)6-9-23-17(25)7-8-22(16,27)20(23)18(14)19(15)28-23/h4-5,12-13,16,20,27H,1-3,6-11H2,(H2,24,26)/t13?,16-,20?,22+,23?/m0/s1. The van der Waals surface area contributed by atoms with Crippen molar-refractivity contribution in [3.63, 3.8) is 0 Å². The fraction of sp³-hybridized carbons (Fsp3) is 0.652. The lowest BCUT2D eigenvalue weighted by Crippen LogP contribution is -2.62. The molecule has 4 aliphatic carbocycles. The summed E-state index contributed by atoms with van der Waals surface area (Å²) < 4.78 is 6.41. The van der Waals surface area contributed by atoms with E-state index in [0.29, 0.717) is 36.5 Å². The molecule has 0 spiro atoms. The van der Waals surface area contributed by atoms with Crippen LogP contribution in [0.15, 0.2) is 12.1 Å². The number of benzene rings is 1. The fourth-order valence-corrected chi connectivity index (χ4v) is 7.22. The number of ketones is 1. The van der Waals surface area contributed by atoms with E-state index >= 15 is 0 Å². The predicted octanol–water partition coefficient (Wildman–Crippen LogP) is 2.87. The number of Topliss-reactive ketones (excluding diaryl/α,β-unsaturated/α-hetero) is 1. The predicted molar refractivity (Wildman–Crippen MR) is 102 cm³/mol. The Balaban J connectivity index is 1.55. The van der Waals surface area contributed by atoms with Crippen LogP contribution in [-0.2, 0) is 11.2 Å². The van der Waals surface area contributed by atoms with Crippen LogP contribution in [0.25, 0.3) is 0 Å². The number of hydrogen-bond donors (Lipinski definition) is 2. The lowest BCUT2D eigenvalue weighted by Gasteiger charge is -2.52. The van der Waals surface area contributed by atoms with Gasteiger partial charge in [-0.1, -0.05) is 25.3 Å². The SMILES string of the molecule is NC(=O)c1ccc2c3c1OC14CCC(CC5CCC5)[C@H](C2)[C@](O)(CCC1=O)C34. The molecule has 1 aromatic carbocycles. The van der Waals surface area contributed by atoms with Gasteiger partial charge in [0.15, 0.2) is 11.4 Å². The Kier molecular flexibility index (Phi) is 3.27. The monoisotopic (exact) mass is 381 g/mol. The van der Waals surface area contributed by atoms with Crippen molar-refractivity contribution in [2.75, 3.05) is 0 Å². The zero-order chi connectivity index (χ0) is 19.3. The summed E-state index contributed by atoms with van der Waals surface area (Å²) in [7, 11) is 0. The topological polar surface area (TPSA) is 89.6 Å². The summed E-state index contributed by atoms with van der Waals surface area (Å²) in [4.78, 5) is 25.2. The van der Waals surface area contributed by atoms with Crippen molar-refractivity contribution >= 4 is 11.7 Å². The quantitative estimate of drug-likeness (QED) is 0.842. The minimum Gasteiger partial charge on any atom is -0.478 e. The number of primary amides is 1. The Hall–Kier alpha value is -1.88. The third-order valence-electron chi connectivity index (χ3n) is 8.71. The third kappa shape index (κ3) is 1.91. The molecule has 3 saturated carbocycles. The van der Waals surface area contributed by atoms with Crippen molar-refractivity contribution in [3.05, 3.63) is 28.8 Å². The number of ether oxygens (including phenoxy) is 1. The Morgan fingerprint density at radius 1 is 1.25 bits per heavy atom. The Morgan fingerprint density at radius 3 is 2.79 bits per heavy atom. The van der Waals surface area contributed by atoms with Crippen LogP contribution in [0.5, 0.6) is 5.75 Å². The van der Waals surface area contributed by atoms with E-state index in [4.69, 9.17) is 10.5 Å². The fourth-order valence-electron chi connectivity index (χ4n) is 7.22. The second-order valence-electron chi connectivity index (χ2n) is 9.86. The molecule has 1 aliphatic heterocycles. The second-order valence-corrected chi connectivity index (χ2v) is 9.86. The van der Waals surface area contributed by atoms with Gasteiger partial charge in [0.05, 0.1) is 17.1 Å². The highest BCUT2D eigenvalue weighted by atomic mass is 16.5. The van der Waals surface area contributed by atoms with Gasteiger partial charge in [-0.25, -0.2) is 0 Å². The van der Waals surface area contributed by atoms with Gasteiger partial charge in [0.25, 0.3) is 5.91 Å². The van der Waals surface area contributed by atoms with Gasteiger partial charge in [-0.2, -0.15) is 0 Å². The van der Waals surface area contributed by atoms with Crippen LogP contribution >= 0.6 is 0 Å². The highest BCUT2D eigenvalue weighted by molar-refractivity contribution is 5.99. The van der Waals surface area contributed by atoms with Crippen LogP contribution in [0.4, 0.5) is 0 Å². The molecule has 5 nitrogen and oxygen atoms in total. The van der Waals surface area contributed by atoms with Crippen molar-refractivity contribution in [2.45, 2.75) is 74.9 Å². The van der Waals surface area contributed by atoms with Gasteiger partial charge >= 0.3 is 0 Å². The summed E-state index contributed by atoms with van der Waals surface area (Å²) in [6, 6.07) is 3.73. The summed E-state index contributed by atoms with van der Waals surface area (Å²) in [5.74, 6) is 1.04. The lowest BCUT2D eigenvalue weighted by molar-refractivity contribution is -0.160. The van der Waals surface area contributed by atoms with Gasteiger partial charge in [-0.05, 0) is 61.5 Å². The molecule has 1 heterocycles. The Labute approximate surface area is 164 Å². The van der Waals surface area contributed by atoms with Gasteiger partial charge in [-0.15, -0.1) is 0 Å². The van der Waals surface area contributed by atoms with E-state index < -0.39 is 17.1 Å². The van der Waals surface area contributed by atoms with Crippen molar-refractivity contribution in [3.8, 4) is 5.75 Å². The van der Waals surface area contributed by atoms with E-state index in [1.54, 1.807) is 6.07 Å². The number of nitrogens with two attached hydrogens (primary N) is 1. The molecular weight excluding hydrogens is 354 g/mol. The van der Waals surface area contributed by atoms with E-state index in [9.17, 15) is 14.7 Å². The molecule has 5 heteroatoms. The number of amides is 1. The van der Waals surface area contributed by atoms with Crippen LogP contribution < -0.4 is 10.5 Å². The Morgan fingerprint density at radius 2 is 2.07 bits per heavy atom. The first kappa shape index (κ1) is 17.0. The molecule has 6 rings (SSSR count). The van der Waals surface area contributed by atoms with Gasteiger partial charge in [-0.3, -0.25) is 9.59 Å². The zero-order valence-electron chi connectivity index (χ0n) is 16.1. The van der Waals surface area contributed by atoms with Crippen LogP contribution in [-0.4, -0.2) is 28.0 Å². The summed E-state index contributed by atoms with van der Waals surface area (Å²) in [5.41, 5.74) is 6.04.